The third-order valence-corrected chi connectivity index (χ3v) is 4.78. The second-order valence-corrected chi connectivity index (χ2v) is 6.80. The van der Waals surface area contributed by atoms with Gasteiger partial charge < -0.3 is 14.4 Å². The van der Waals surface area contributed by atoms with Crippen LogP contribution in [0, 0.1) is 6.92 Å². The molecule has 0 radical (unpaired) electrons. The fraction of sp³-hybridized carbons (Fsp3) is 0.286. The molecule has 0 atom stereocenters. The second kappa shape index (κ2) is 8.66. The van der Waals surface area contributed by atoms with Crippen molar-refractivity contribution in [3.05, 3.63) is 65.1 Å². The maximum atomic E-state index is 13.0. The van der Waals surface area contributed by atoms with Gasteiger partial charge in [0.25, 0.3) is 5.91 Å². The zero-order valence-electron chi connectivity index (χ0n) is 17.4. The molecule has 164 valence electrons. The first-order chi connectivity index (χ1) is 14.7. The molecule has 10 heteroatoms. The summed E-state index contributed by atoms with van der Waals surface area (Å²) in [6.07, 6.45) is -2.37. The number of alkyl halides is 3. The van der Waals surface area contributed by atoms with Gasteiger partial charge in [-0.3, -0.25) is 4.79 Å². The van der Waals surface area contributed by atoms with Crippen molar-refractivity contribution < 1.29 is 27.4 Å². The predicted octanol–water partition coefficient (Wildman–Crippen LogP) is 3.88. The number of carbonyl (C=O) groups excluding carboxylic acids is 1. The Morgan fingerprint density at radius 2 is 1.87 bits per heavy atom. The molecule has 7 nitrogen and oxygen atoms in total. The van der Waals surface area contributed by atoms with Crippen molar-refractivity contribution >= 4 is 5.91 Å². The van der Waals surface area contributed by atoms with Crippen molar-refractivity contribution in [2.24, 2.45) is 0 Å². The van der Waals surface area contributed by atoms with Crippen LogP contribution in [0.3, 0.4) is 0 Å². The number of benzene rings is 1. The Morgan fingerprint density at radius 1 is 1.13 bits per heavy atom. The first-order valence-corrected chi connectivity index (χ1v) is 9.20. The summed E-state index contributed by atoms with van der Waals surface area (Å²) in [5.74, 6) is 1.11. The molecule has 3 aromatic rings. The number of hydrogen-bond donors (Lipinski definition) is 0. The van der Waals surface area contributed by atoms with Crippen molar-refractivity contribution in [1.82, 2.24) is 19.7 Å². The van der Waals surface area contributed by atoms with E-state index in [-0.39, 0.29) is 18.3 Å². The van der Waals surface area contributed by atoms with E-state index in [4.69, 9.17) is 9.47 Å². The molecule has 3 rings (SSSR count). The first kappa shape index (κ1) is 22.1. The lowest BCUT2D eigenvalue weighted by molar-refractivity contribution is -0.137. The molecule has 0 aliphatic rings. The Balaban J connectivity index is 1.81. The summed E-state index contributed by atoms with van der Waals surface area (Å²) in [5.41, 5.74) is 0.710. The number of amides is 1. The summed E-state index contributed by atoms with van der Waals surface area (Å²) in [6, 6.07) is 7.45. The maximum Gasteiger partial charge on any atom is 0.417 e. The number of pyridine rings is 1. The van der Waals surface area contributed by atoms with E-state index in [9.17, 15) is 18.0 Å². The molecule has 0 saturated heterocycles. The molecule has 0 fully saturated rings. The highest BCUT2D eigenvalue weighted by Gasteiger charge is 2.31. The molecule has 2 heterocycles. The van der Waals surface area contributed by atoms with Gasteiger partial charge in [-0.15, -0.1) is 0 Å². The monoisotopic (exact) mass is 434 g/mol. The Labute approximate surface area is 177 Å². The van der Waals surface area contributed by atoms with Gasteiger partial charge in [-0.25, -0.2) is 9.67 Å². The summed E-state index contributed by atoms with van der Waals surface area (Å²) < 4.78 is 50.1. The lowest BCUT2D eigenvalue weighted by atomic mass is 10.1. The number of carbonyl (C=O) groups is 1. The number of halogens is 3. The smallest absolute Gasteiger partial charge is 0.417 e. The van der Waals surface area contributed by atoms with Gasteiger partial charge >= 0.3 is 6.18 Å². The molecule has 2 aromatic heterocycles. The molecular formula is C21H21F3N4O3. The van der Waals surface area contributed by atoms with Crippen LogP contribution in [0.4, 0.5) is 13.2 Å². The highest BCUT2D eigenvalue weighted by molar-refractivity contribution is 5.95. The van der Waals surface area contributed by atoms with E-state index in [2.05, 4.69) is 10.1 Å². The van der Waals surface area contributed by atoms with Crippen LogP contribution in [0.1, 0.15) is 27.2 Å². The van der Waals surface area contributed by atoms with Crippen LogP contribution in [0.25, 0.3) is 5.82 Å². The number of hydrogen-bond acceptors (Lipinski definition) is 5. The zero-order valence-corrected chi connectivity index (χ0v) is 17.4. The summed E-state index contributed by atoms with van der Waals surface area (Å²) in [5, 5.41) is 4.13. The SMILES string of the molecule is COc1ccc(CN(C)C(=O)c2cnn(-c3ccc(C(F)(F)F)cn3)c2C)c(OC)c1. The molecule has 0 spiro atoms. The van der Waals surface area contributed by atoms with Crippen LogP contribution in [-0.4, -0.2) is 46.8 Å². The van der Waals surface area contributed by atoms with E-state index >= 15 is 0 Å². The van der Waals surface area contributed by atoms with E-state index in [0.29, 0.717) is 22.8 Å². The van der Waals surface area contributed by atoms with Crippen molar-refractivity contribution in [3.63, 3.8) is 0 Å². The Hall–Kier alpha value is -3.56. The minimum absolute atomic E-state index is 0.184. The van der Waals surface area contributed by atoms with Gasteiger partial charge in [-0.2, -0.15) is 18.3 Å². The molecule has 0 unspecified atom stereocenters. The van der Waals surface area contributed by atoms with Crippen molar-refractivity contribution in [2.75, 3.05) is 21.3 Å². The molecule has 0 aliphatic heterocycles. The first-order valence-electron chi connectivity index (χ1n) is 9.20. The largest absolute Gasteiger partial charge is 0.497 e. The number of nitrogens with zero attached hydrogens (tertiary/aromatic N) is 4. The van der Waals surface area contributed by atoms with Crippen LogP contribution in [0.2, 0.25) is 0 Å². The number of rotatable bonds is 6. The van der Waals surface area contributed by atoms with Gasteiger partial charge in [0.1, 0.15) is 11.5 Å². The number of aromatic nitrogens is 3. The van der Waals surface area contributed by atoms with Crippen LogP contribution in [0.15, 0.2) is 42.7 Å². The molecule has 0 bridgehead atoms. The van der Waals surface area contributed by atoms with Crippen LogP contribution in [0.5, 0.6) is 11.5 Å². The molecule has 0 saturated carbocycles. The summed E-state index contributed by atoms with van der Waals surface area (Å²) in [7, 11) is 4.72. The van der Waals surface area contributed by atoms with Gasteiger partial charge in [0, 0.05) is 31.4 Å². The predicted molar refractivity (Wildman–Crippen MR) is 106 cm³/mol. The number of methoxy groups -OCH3 is 2. The van der Waals surface area contributed by atoms with Crippen molar-refractivity contribution in [1.29, 1.82) is 0 Å². The molecule has 31 heavy (non-hydrogen) atoms. The quantitative estimate of drug-likeness (QED) is 0.589. The summed E-state index contributed by atoms with van der Waals surface area (Å²) >= 11 is 0. The van der Waals surface area contributed by atoms with Crippen LogP contribution >= 0.6 is 0 Å². The summed E-state index contributed by atoms with van der Waals surface area (Å²) in [4.78, 5) is 18.3. The van der Waals surface area contributed by atoms with Crippen molar-refractivity contribution in [2.45, 2.75) is 19.6 Å². The molecular weight excluding hydrogens is 413 g/mol. The van der Waals surface area contributed by atoms with Crippen molar-refractivity contribution in [3.8, 4) is 17.3 Å². The molecule has 1 aromatic carbocycles. The highest BCUT2D eigenvalue weighted by Crippen LogP contribution is 2.29. The topological polar surface area (TPSA) is 69.5 Å². The van der Waals surface area contributed by atoms with Gasteiger partial charge in [-0.05, 0) is 31.2 Å². The normalized spacial score (nSPS) is 11.3. The van der Waals surface area contributed by atoms with E-state index < -0.39 is 11.7 Å². The Morgan fingerprint density at radius 3 is 2.45 bits per heavy atom. The minimum atomic E-state index is -4.48. The average molecular weight is 434 g/mol. The fourth-order valence-electron chi connectivity index (χ4n) is 3.04. The molecule has 0 N–H and O–H groups in total. The molecule has 0 aliphatic carbocycles. The zero-order chi connectivity index (χ0) is 22.8. The van der Waals surface area contributed by atoms with E-state index in [1.165, 1.54) is 29.0 Å². The maximum absolute atomic E-state index is 13.0. The third-order valence-electron chi connectivity index (χ3n) is 4.78. The highest BCUT2D eigenvalue weighted by atomic mass is 19.4. The Bertz CT molecular complexity index is 1080. The van der Waals surface area contributed by atoms with E-state index in [1.54, 1.807) is 33.2 Å². The summed E-state index contributed by atoms with van der Waals surface area (Å²) in [6.45, 7) is 1.93. The molecule has 1 amide bonds. The van der Waals surface area contributed by atoms with E-state index in [0.717, 1.165) is 17.8 Å². The van der Waals surface area contributed by atoms with E-state index in [1.807, 2.05) is 6.07 Å². The van der Waals surface area contributed by atoms with Gasteiger partial charge in [0.05, 0.1) is 37.2 Å². The lowest BCUT2D eigenvalue weighted by Gasteiger charge is -2.19. The fourth-order valence-corrected chi connectivity index (χ4v) is 3.04. The van der Waals surface area contributed by atoms with Gasteiger partial charge in [0.2, 0.25) is 0 Å². The second-order valence-electron chi connectivity index (χ2n) is 6.80. The lowest BCUT2D eigenvalue weighted by Crippen LogP contribution is -2.26. The Kier molecular flexibility index (Phi) is 6.19. The van der Waals surface area contributed by atoms with Crippen LogP contribution < -0.4 is 9.47 Å². The number of ether oxygens (including phenoxy) is 2. The van der Waals surface area contributed by atoms with Gasteiger partial charge in [0.15, 0.2) is 5.82 Å². The third kappa shape index (κ3) is 4.62. The minimum Gasteiger partial charge on any atom is -0.497 e. The van der Waals surface area contributed by atoms with Gasteiger partial charge in [-0.1, -0.05) is 0 Å². The average Bonchev–Trinajstić information content (AvgIpc) is 3.14. The standard InChI is InChI=1S/C21H21F3N4O3/c1-13-17(11-26-28(13)19-8-6-15(10-25-19)21(22,23)24)20(29)27(2)12-14-5-7-16(30-3)9-18(14)31-4/h5-11H,12H2,1-4H3. The van der Waals surface area contributed by atoms with Crippen LogP contribution in [-0.2, 0) is 12.7 Å².